The summed E-state index contributed by atoms with van der Waals surface area (Å²) in [5.41, 5.74) is 5.96. The van der Waals surface area contributed by atoms with E-state index in [1.54, 1.807) is 7.11 Å². The SMILES string of the molecule is COc1cccc2c(NC3CCC(N)CC3)nccc12. The average Bonchev–Trinajstić information content (AvgIpc) is 2.49. The summed E-state index contributed by atoms with van der Waals surface area (Å²) < 4.78 is 5.41. The molecule has 1 aliphatic rings. The van der Waals surface area contributed by atoms with Crippen LogP contribution in [-0.4, -0.2) is 24.2 Å². The largest absolute Gasteiger partial charge is 0.496 e. The summed E-state index contributed by atoms with van der Waals surface area (Å²) in [4.78, 5) is 4.50. The molecule has 0 aliphatic heterocycles. The lowest BCUT2D eigenvalue weighted by molar-refractivity contribution is 0.410. The summed E-state index contributed by atoms with van der Waals surface area (Å²) in [6.07, 6.45) is 6.24. The summed E-state index contributed by atoms with van der Waals surface area (Å²) in [5.74, 6) is 1.83. The first-order valence-electron chi connectivity index (χ1n) is 7.22. The number of nitrogens with one attached hydrogen (secondary N) is 1. The number of nitrogens with two attached hydrogens (primary N) is 1. The lowest BCUT2D eigenvalue weighted by Crippen LogP contribution is -2.33. The van der Waals surface area contributed by atoms with Crippen molar-refractivity contribution >= 4 is 16.6 Å². The van der Waals surface area contributed by atoms with Crippen molar-refractivity contribution in [3.05, 3.63) is 30.5 Å². The second-order valence-corrected chi connectivity index (χ2v) is 5.47. The number of fused-ring (bicyclic) bond motifs is 1. The standard InChI is InChI=1S/C16H21N3O/c1-20-15-4-2-3-14-13(15)9-10-18-16(14)19-12-7-5-11(17)6-8-12/h2-4,9-12H,5-8,17H2,1H3,(H,18,19). The number of hydrogen-bond acceptors (Lipinski definition) is 4. The first-order chi connectivity index (χ1) is 9.78. The Morgan fingerprint density at radius 2 is 1.95 bits per heavy atom. The molecular weight excluding hydrogens is 250 g/mol. The molecule has 20 heavy (non-hydrogen) atoms. The Morgan fingerprint density at radius 3 is 2.70 bits per heavy atom. The number of benzene rings is 1. The van der Waals surface area contributed by atoms with E-state index < -0.39 is 0 Å². The fraction of sp³-hybridized carbons (Fsp3) is 0.438. The van der Waals surface area contributed by atoms with Crippen LogP contribution in [0.5, 0.6) is 5.75 Å². The van der Waals surface area contributed by atoms with Crippen LogP contribution in [0.25, 0.3) is 10.8 Å². The van der Waals surface area contributed by atoms with Gasteiger partial charge in [0.05, 0.1) is 7.11 Å². The van der Waals surface area contributed by atoms with Gasteiger partial charge >= 0.3 is 0 Å². The van der Waals surface area contributed by atoms with Crippen molar-refractivity contribution in [1.82, 2.24) is 4.98 Å². The monoisotopic (exact) mass is 271 g/mol. The van der Waals surface area contributed by atoms with Gasteiger partial charge in [0, 0.05) is 29.1 Å². The number of hydrogen-bond donors (Lipinski definition) is 2. The average molecular weight is 271 g/mol. The van der Waals surface area contributed by atoms with Crippen LogP contribution >= 0.6 is 0 Å². The van der Waals surface area contributed by atoms with E-state index in [0.717, 1.165) is 48.0 Å². The molecule has 3 rings (SSSR count). The highest BCUT2D eigenvalue weighted by molar-refractivity contribution is 5.95. The summed E-state index contributed by atoms with van der Waals surface area (Å²) in [6.45, 7) is 0. The second kappa shape index (κ2) is 5.67. The van der Waals surface area contributed by atoms with Crippen LogP contribution in [-0.2, 0) is 0 Å². The summed E-state index contributed by atoms with van der Waals surface area (Å²) in [7, 11) is 1.70. The van der Waals surface area contributed by atoms with Gasteiger partial charge in [0.2, 0.25) is 0 Å². The van der Waals surface area contributed by atoms with Crippen LogP contribution < -0.4 is 15.8 Å². The molecule has 4 nitrogen and oxygen atoms in total. The minimum atomic E-state index is 0.369. The smallest absolute Gasteiger partial charge is 0.134 e. The molecule has 1 aromatic heterocycles. The van der Waals surface area contributed by atoms with E-state index in [0.29, 0.717) is 12.1 Å². The molecule has 0 unspecified atom stereocenters. The second-order valence-electron chi connectivity index (χ2n) is 5.47. The van der Waals surface area contributed by atoms with Crippen molar-refractivity contribution < 1.29 is 4.74 Å². The Hall–Kier alpha value is -1.81. The van der Waals surface area contributed by atoms with Crippen molar-refractivity contribution in [3.63, 3.8) is 0 Å². The highest BCUT2D eigenvalue weighted by Crippen LogP contribution is 2.30. The van der Waals surface area contributed by atoms with Crippen LogP contribution in [0, 0.1) is 0 Å². The molecule has 0 spiro atoms. The molecule has 1 fully saturated rings. The number of rotatable bonds is 3. The molecule has 0 amide bonds. The summed E-state index contributed by atoms with van der Waals surface area (Å²) >= 11 is 0. The van der Waals surface area contributed by atoms with Gasteiger partial charge in [0.1, 0.15) is 11.6 Å². The van der Waals surface area contributed by atoms with Crippen molar-refractivity contribution in [2.24, 2.45) is 5.73 Å². The van der Waals surface area contributed by atoms with E-state index in [1.165, 1.54) is 0 Å². The zero-order valence-corrected chi connectivity index (χ0v) is 11.8. The zero-order chi connectivity index (χ0) is 13.9. The molecule has 3 N–H and O–H groups in total. The van der Waals surface area contributed by atoms with Crippen molar-refractivity contribution in [2.45, 2.75) is 37.8 Å². The van der Waals surface area contributed by atoms with Crippen molar-refractivity contribution in [2.75, 3.05) is 12.4 Å². The van der Waals surface area contributed by atoms with E-state index in [2.05, 4.69) is 16.4 Å². The lowest BCUT2D eigenvalue weighted by atomic mass is 9.92. The third-order valence-electron chi connectivity index (χ3n) is 4.10. The number of nitrogens with zero attached hydrogens (tertiary/aromatic N) is 1. The Balaban J connectivity index is 1.88. The van der Waals surface area contributed by atoms with Crippen LogP contribution in [0.2, 0.25) is 0 Å². The van der Waals surface area contributed by atoms with Gasteiger partial charge in [-0.25, -0.2) is 4.98 Å². The maximum atomic E-state index is 5.96. The maximum absolute atomic E-state index is 5.96. The van der Waals surface area contributed by atoms with E-state index in [9.17, 15) is 0 Å². The molecule has 2 aromatic rings. The third-order valence-corrected chi connectivity index (χ3v) is 4.10. The predicted octanol–water partition coefficient (Wildman–Crippen LogP) is 2.93. The number of pyridine rings is 1. The van der Waals surface area contributed by atoms with Crippen LogP contribution in [0.4, 0.5) is 5.82 Å². The molecule has 4 heteroatoms. The molecule has 1 heterocycles. The number of aromatic nitrogens is 1. The first-order valence-corrected chi connectivity index (χ1v) is 7.22. The fourth-order valence-electron chi connectivity index (χ4n) is 2.93. The molecule has 0 radical (unpaired) electrons. The normalized spacial score (nSPS) is 22.7. The molecule has 1 aliphatic carbocycles. The van der Waals surface area contributed by atoms with Crippen LogP contribution in [0.15, 0.2) is 30.5 Å². The van der Waals surface area contributed by atoms with Gasteiger partial charge in [-0.2, -0.15) is 0 Å². The Morgan fingerprint density at radius 1 is 1.15 bits per heavy atom. The van der Waals surface area contributed by atoms with Gasteiger partial charge in [-0.3, -0.25) is 0 Å². The zero-order valence-electron chi connectivity index (χ0n) is 11.8. The van der Waals surface area contributed by atoms with Crippen molar-refractivity contribution in [3.8, 4) is 5.75 Å². The minimum absolute atomic E-state index is 0.369. The summed E-state index contributed by atoms with van der Waals surface area (Å²) in [5, 5.41) is 5.78. The van der Waals surface area contributed by atoms with E-state index >= 15 is 0 Å². The Kier molecular flexibility index (Phi) is 3.74. The molecular formula is C16H21N3O. The highest BCUT2D eigenvalue weighted by Gasteiger charge is 2.19. The first kappa shape index (κ1) is 13.2. The fourth-order valence-corrected chi connectivity index (χ4v) is 2.93. The Bertz CT molecular complexity index is 591. The van der Waals surface area contributed by atoms with E-state index in [4.69, 9.17) is 10.5 Å². The molecule has 0 atom stereocenters. The minimum Gasteiger partial charge on any atom is -0.496 e. The molecule has 1 aromatic carbocycles. The van der Waals surface area contributed by atoms with Crippen LogP contribution in [0.1, 0.15) is 25.7 Å². The van der Waals surface area contributed by atoms with Gasteiger partial charge in [0.25, 0.3) is 0 Å². The number of anilines is 1. The Labute approximate surface area is 119 Å². The van der Waals surface area contributed by atoms with Gasteiger partial charge < -0.3 is 15.8 Å². The topological polar surface area (TPSA) is 60.2 Å². The van der Waals surface area contributed by atoms with Gasteiger partial charge in [-0.15, -0.1) is 0 Å². The molecule has 106 valence electrons. The van der Waals surface area contributed by atoms with E-state index in [-0.39, 0.29) is 0 Å². The molecule has 0 bridgehead atoms. The van der Waals surface area contributed by atoms with Gasteiger partial charge in [-0.05, 0) is 37.8 Å². The predicted molar refractivity (Wildman–Crippen MR) is 82.1 cm³/mol. The lowest BCUT2D eigenvalue weighted by Gasteiger charge is -2.27. The maximum Gasteiger partial charge on any atom is 0.134 e. The molecule has 1 saturated carbocycles. The molecule has 0 saturated heterocycles. The van der Waals surface area contributed by atoms with Crippen molar-refractivity contribution in [1.29, 1.82) is 0 Å². The summed E-state index contributed by atoms with van der Waals surface area (Å²) in [6, 6.07) is 8.90. The van der Waals surface area contributed by atoms with Crippen LogP contribution in [0.3, 0.4) is 0 Å². The third kappa shape index (κ3) is 2.56. The highest BCUT2D eigenvalue weighted by atomic mass is 16.5. The quantitative estimate of drug-likeness (QED) is 0.901. The van der Waals surface area contributed by atoms with Gasteiger partial charge in [-0.1, -0.05) is 12.1 Å². The number of methoxy groups -OCH3 is 1. The van der Waals surface area contributed by atoms with E-state index in [1.807, 2.05) is 24.4 Å². The van der Waals surface area contributed by atoms with Gasteiger partial charge in [0.15, 0.2) is 0 Å². The number of ether oxygens (including phenoxy) is 1.